The Morgan fingerprint density at radius 2 is 1.89 bits per heavy atom. The number of carboxylic acids is 1. The Bertz CT molecular complexity index is 599. The fourth-order valence-electron chi connectivity index (χ4n) is 1.86. The number of hydrogen-bond acceptors (Lipinski definition) is 3. The van der Waals surface area contributed by atoms with E-state index in [1.54, 1.807) is 0 Å². The Morgan fingerprint density at radius 1 is 1.22 bits per heavy atom. The largest absolute Gasteiger partial charge is 0.481 e. The molecule has 0 saturated carbocycles. The fourth-order valence-corrected chi connectivity index (χ4v) is 1.86. The number of hydrogen-bond donors (Lipinski definition) is 1. The summed E-state index contributed by atoms with van der Waals surface area (Å²) < 4.78 is 5.35. The zero-order valence-electron chi connectivity index (χ0n) is 10.7. The lowest BCUT2D eigenvalue weighted by Gasteiger charge is -2.06. The number of aromatic nitrogens is 1. The molecule has 1 aromatic heterocycles. The first kappa shape index (κ1) is 12.4. The van der Waals surface area contributed by atoms with E-state index in [-0.39, 0.29) is 6.42 Å². The van der Waals surface area contributed by atoms with Crippen LogP contribution in [-0.4, -0.2) is 16.1 Å². The summed E-state index contributed by atoms with van der Waals surface area (Å²) in [4.78, 5) is 14.8. The molecule has 18 heavy (non-hydrogen) atoms. The minimum atomic E-state index is -0.911. The minimum absolute atomic E-state index is 0.118. The number of oxazole rings is 1. The summed E-state index contributed by atoms with van der Waals surface area (Å²) in [6.07, 6.45) is 1.28. The van der Waals surface area contributed by atoms with Crippen molar-refractivity contribution < 1.29 is 14.3 Å². The number of aryl methyl sites for hydroxylation is 3. The highest BCUT2D eigenvalue weighted by Gasteiger charge is 2.12. The highest BCUT2D eigenvalue weighted by Crippen LogP contribution is 2.25. The zero-order chi connectivity index (χ0) is 13.3. The molecule has 0 unspecified atom stereocenters. The third-order valence-electron chi connectivity index (χ3n) is 2.96. The van der Waals surface area contributed by atoms with Crippen molar-refractivity contribution in [2.24, 2.45) is 0 Å². The van der Waals surface area contributed by atoms with Crippen molar-refractivity contribution in [1.29, 1.82) is 0 Å². The Kier molecular flexibility index (Phi) is 3.19. The molecule has 94 valence electrons. The van der Waals surface area contributed by atoms with Gasteiger partial charge in [-0.1, -0.05) is 6.07 Å². The molecule has 0 radical (unpaired) electrons. The number of carbonyl (C=O) groups is 1. The van der Waals surface area contributed by atoms with Gasteiger partial charge in [0.05, 0.1) is 12.1 Å². The normalized spacial score (nSPS) is 10.6. The summed E-state index contributed by atoms with van der Waals surface area (Å²) in [5.74, 6) is -0.432. The molecule has 0 fully saturated rings. The third-order valence-corrected chi connectivity index (χ3v) is 2.96. The predicted molar refractivity (Wildman–Crippen MR) is 67.5 cm³/mol. The maximum absolute atomic E-state index is 10.6. The summed E-state index contributed by atoms with van der Waals surface area (Å²) in [5.41, 5.74) is 4.80. The van der Waals surface area contributed by atoms with Crippen LogP contribution in [0.5, 0.6) is 0 Å². The van der Waals surface area contributed by atoms with Crippen LogP contribution in [0.4, 0.5) is 0 Å². The highest BCUT2D eigenvalue weighted by atomic mass is 16.4. The van der Waals surface area contributed by atoms with Crippen LogP contribution in [0.3, 0.4) is 0 Å². The van der Waals surface area contributed by atoms with Gasteiger partial charge in [0, 0.05) is 5.56 Å². The number of rotatable bonds is 3. The van der Waals surface area contributed by atoms with Gasteiger partial charge in [0.15, 0.2) is 0 Å². The molecule has 4 heteroatoms. The monoisotopic (exact) mass is 245 g/mol. The molecule has 1 heterocycles. The molecule has 0 aliphatic heterocycles. The summed E-state index contributed by atoms with van der Waals surface area (Å²) >= 11 is 0. The molecular weight excluding hydrogens is 230 g/mol. The standard InChI is InChI=1S/C14H15NO3/c1-8-4-10(3)12(5-9(8)2)14-15-11(7-18-14)6-13(16)17/h4-5,7H,6H2,1-3H3,(H,16,17). The first-order valence-corrected chi connectivity index (χ1v) is 5.72. The average Bonchev–Trinajstić information content (AvgIpc) is 2.70. The molecule has 0 saturated heterocycles. The molecular formula is C14H15NO3. The van der Waals surface area contributed by atoms with Crippen molar-refractivity contribution in [3.05, 3.63) is 40.8 Å². The van der Waals surface area contributed by atoms with Crippen molar-refractivity contribution in [2.45, 2.75) is 27.2 Å². The van der Waals surface area contributed by atoms with E-state index < -0.39 is 5.97 Å². The quantitative estimate of drug-likeness (QED) is 0.903. The van der Waals surface area contributed by atoms with Crippen molar-refractivity contribution in [3.63, 3.8) is 0 Å². The second kappa shape index (κ2) is 4.64. The molecule has 2 aromatic rings. The van der Waals surface area contributed by atoms with E-state index in [1.807, 2.05) is 19.9 Å². The molecule has 0 spiro atoms. The van der Waals surface area contributed by atoms with Gasteiger partial charge in [-0.05, 0) is 43.5 Å². The van der Waals surface area contributed by atoms with Crippen molar-refractivity contribution in [2.75, 3.05) is 0 Å². The average molecular weight is 245 g/mol. The molecule has 0 aliphatic carbocycles. The maximum Gasteiger partial charge on any atom is 0.309 e. The van der Waals surface area contributed by atoms with Crippen LogP contribution in [0.25, 0.3) is 11.5 Å². The summed E-state index contributed by atoms with van der Waals surface area (Å²) in [5, 5.41) is 8.70. The second-order valence-electron chi connectivity index (χ2n) is 4.47. The van der Waals surface area contributed by atoms with Crippen LogP contribution in [0.1, 0.15) is 22.4 Å². The van der Waals surface area contributed by atoms with E-state index in [9.17, 15) is 4.79 Å². The van der Waals surface area contributed by atoms with E-state index in [0.717, 1.165) is 16.7 Å². The second-order valence-corrected chi connectivity index (χ2v) is 4.47. The Labute approximate surface area is 105 Å². The number of nitrogens with zero attached hydrogens (tertiary/aromatic N) is 1. The zero-order valence-corrected chi connectivity index (χ0v) is 10.7. The van der Waals surface area contributed by atoms with E-state index >= 15 is 0 Å². The minimum Gasteiger partial charge on any atom is -0.481 e. The first-order chi connectivity index (χ1) is 8.47. The van der Waals surface area contributed by atoms with Gasteiger partial charge < -0.3 is 9.52 Å². The fraction of sp³-hybridized carbons (Fsp3) is 0.286. The predicted octanol–water partition coefficient (Wildman–Crippen LogP) is 2.89. The first-order valence-electron chi connectivity index (χ1n) is 5.72. The molecule has 2 rings (SSSR count). The molecule has 1 N–H and O–H groups in total. The number of carboxylic acid groups (broad SMARTS) is 1. The maximum atomic E-state index is 10.6. The van der Waals surface area contributed by atoms with Gasteiger partial charge >= 0.3 is 5.97 Å². The van der Waals surface area contributed by atoms with Gasteiger partial charge in [-0.25, -0.2) is 4.98 Å². The van der Waals surface area contributed by atoms with Crippen LogP contribution < -0.4 is 0 Å². The van der Waals surface area contributed by atoms with Crippen molar-refractivity contribution >= 4 is 5.97 Å². The molecule has 4 nitrogen and oxygen atoms in total. The summed E-state index contributed by atoms with van der Waals surface area (Å²) in [6, 6.07) is 4.09. The number of aliphatic carboxylic acids is 1. The number of benzene rings is 1. The van der Waals surface area contributed by atoms with E-state index in [0.29, 0.717) is 11.6 Å². The molecule has 0 aliphatic rings. The lowest BCUT2D eigenvalue weighted by atomic mass is 10.0. The molecule has 1 aromatic carbocycles. The Balaban J connectivity index is 2.40. The SMILES string of the molecule is Cc1cc(C)c(-c2nc(CC(=O)O)co2)cc1C. The third kappa shape index (κ3) is 2.42. The van der Waals surface area contributed by atoms with Crippen LogP contribution in [-0.2, 0) is 11.2 Å². The summed E-state index contributed by atoms with van der Waals surface area (Å²) in [7, 11) is 0. The Hall–Kier alpha value is -2.10. The smallest absolute Gasteiger partial charge is 0.309 e. The van der Waals surface area contributed by atoms with Gasteiger partial charge in [0.1, 0.15) is 6.26 Å². The van der Waals surface area contributed by atoms with Crippen LogP contribution in [0.15, 0.2) is 22.8 Å². The van der Waals surface area contributed by atoms with Gasteiger partial charge in [0.25, 0.3) is 0 Å². The lowest BCUT2D eigenvalue weighted by molar-refractivity contribution is -0.136. The lowest BCUT2D eigenvalue weighted by Crippen LogP contribution is -2.00. The van der Waals surface area contributed by atoms with Gasteiger partial charge in [-0.15, -0.1) is 0 Å². The van der Waals surface area contributed by atoms with Gasteiger partial charge in [-0.3, -0.25) is 4.79 Å². The van der Waals surface area contributed by atoms with E-state index in [2.05, 4.69) is 18.0 Å². The highest BCUT2D eigenvalue weighted by molar-refractivity contribution is 5.70. The van der Waals surface area contributed by atoms with Crippen LogP contribution in [0, 0.1) is 20.8 Å². The molecule has 0 bridgehead atoms. The topological polar surface area (TPSA) is 63.3 Å². The van der Waals surface area contributed by atoms with Crippen LogP contribution in [0.2, 0.25) is 0 Å². The van der Waals surface area contributed by atoms with Crippen LogP contribution >= 0.6 is 0 Å². The van der Waals surface area contributed by atoms with Crippen molar-refractivity contribution in [1.82, 2.24) is 4.98 Å². The van der Waals surface area contributed by atoms with Gasteiger partial charge in [0.2, 0.25) is 5.89 Å². The molecule has 0 atom stereocenters. The van der Waals surface area contributed by atoms with Crippen molar-refractivity contribution in [3.8, 4) is 11.5 Å². The van der Waals surface area contributed by atoms with Gasteiger partial charge in [-0.2, -0.15) is 0 Å². The van der Waals surface area contributed by atoms with E-state index in [1.165, 1.54) is 11.8 Å². The molecule has 0 amide bonds. The van der Waals surface area contributed by atoms with E-state index in [4.69, 9.17) is 9.52 Å². The summed E-state index contributed by atoms with van der Waals surface area (Å²) in [6.45, 7) is 6.07. The Morgan fingerprint density at radius 3 is 2.56 bits per heavy atom.